The summed E-state index contributed by atoms with van der Waals surface area (Å²) in [6.07, 6.45) is 0. The third kappa shape index (κ3) is 3.58. The van der Waals surface area contributed by atoms with E-state index in [2.05, 4.69) is 14.9 Å². The second-order valence-electron chi connectivity index (χ2n) is 5.66. The topological polar surface area (TPSA) is 58.2 Å². The van der Waals surface area contributed by atoms with Crippen LogP contribution in [0.4, 0.5) is 0 Å². The van der Waals surface area contributed by atoms with Crippen LogP contribution in [0.3, 0.4) is 0 Å². The van der Waals surface area contributed by atoms with Crippen LogP contribution in [0.15, 0.2) is 47.3 Å². The number of nitrogens with one attached hydrogen (secondary N) is 1. The fraction of sp³-hybridized carbons (Fsp3) is 0.222. The average Bonchev–Trinajstić information content (AvgIpc) is 2.54. The van der Waals surface area contributed by atoms with Crippen molar-refractivity contribution >= 4 is 22.5 Å². The predicted octanol–water partition coefficient (Wildman–Crippen LogP) is 3.22. The summed E-state index contributed by atoms with van der Waals surface area (Å²) in [5.41, 5.74) is 1.53. The normalized spacial score (nSPS) is 11.2. The van der Waals surface area contributed by atoms with E-state index in [1.807, 2.05) is 31.3 Å². The number of H-pyrrole nitrogens is 1. The molecule has 0 atom stereocenters. The molecule has 3 aromatic rings. The molecule has 0 bridgehead atoms. The van der Waals surface area contributed by atoms with Gasteiger partial charge in [0.2, 0.25) is 0 Å². The number of hydrogen-bond acceptors (Lipinski definition) is 4. The summed E-state index contributed by atoms with van der Waals surface area (Å²) in [6.45, 7) is 1.19. The summed E-state index contributed by atoms with van der Waals surface area (Å²) in [5, 5.41) is 1.10. The Hall–Kier alpha value is -2.37. The third-order valence-corrected chi connectivity index (χ3v) is 4.01. The highest BCUT2D eigenvalue weighted by atomic mass is 35.5. The third-order valence-electron chi connectivity index (χ3n) is 3.77. The average molecular weight is 344 g/mol. The van der Waals surface area contributed by atoms with Gasteiger partial charge >= 0.3 is 0 Å². The molecule has 1 aromatic heterocycles. The van der Waals surface area contributed by atoms with Crippen LogP contribution in [0.25, 0.3) is 10.9 Å². The molecule has 0 aliphatic heterocycles. The first-order valence-corrected chi connectivity index (χ1v) is 7.93. The lowest BCUT2D eigenvalue weighted by molar-refractivity contribution is 0.303. The fourth-order valence-corrected chi connectivity index (χ4v) is 2.84. The minimum absolute atomic E-state index is 0.155. The lowest BCUT2D eigenvalue weighted by Crippen LogP contribution is -2.22. The van der Waals surface area contributed by atoms with Crippen molar-refractivity contribution in [2.75, 3.05) is 14.2 Å². The smallest absolute Gasteiger partial charge is 0.258 e. The van der Waals surface area contributed by atoms with Crippen molar-refractivity contribution < 1.29 is 4.74 Å². The summed E-state index contributed by atoms with van der Waals surface area (Å²) in [7, 11) is 3.62. The summed E-state index contributed by atoms with van der Waals surface area (Å²) < 4.78 is 5.37. The van der Waals surface area contributed by atoms with Gasteiger partial charge in [-0.2, -0.15) is 0 Å². The number of fused-ring (bicyclic) bond motifs is 1. The maximum atomic E-state index is 12.2. The van der Waals surface area contributed by atoms with E-state index in [0.29, 0.717) is 34.8 Å². The minimum atomic E-state index is -0.155. The Balaban J connectivity index is 1.82. The van der Waals surface area contributed by atoms with Crippen LogP contribution >= 0.6 is 11.6 Å². The fourth-order valence-electron chi connectivity index (χ4n) is 2.67. The molecule has 0 radical (unpaired) electrons. The monoisotopic (exact) mass is 343 g/mol. The van der Waals surface area contributed by atoms with Crippen molar-refractivity contribution in [3.8, 4) is 5.75 Å². The number of nitrogens with zero attached hydrogens (tertiary/aromatic N) is 2. The number of aromatic nitrogens is 2. The van der Waals surface area contributed by atoms with Gasteiger partial charge in [0.15, 0.2) is 0 Å². The number of methoxy groups -OCH3 is 1. The first-order valence-electron chi connectivity index (χ1n) is 7.55. The second kappa shape index (κ2) is 7.03. The van der Waals surface area contributed by atoms with Crippen molar-refractivity contribution in [2.45, 2.75) is 13.1 Å². The van der Waals surface area contributed by atoms with E-state index in [4.69, 9.17) is 16.3 Å². The van der Waals surface area contributed by atoms with Gasteiger partial charge in [-0.3, -0.25) is 9.69 Å². The van der Waals surface area contributed by atoms with Gasteiger partial charge in [-0.05, 0) is 31.3 Å². The number of ether oxygens (including phenoxy) is 1. The lowest BCUT2D eigenvalue weighted by atomic mass is 10.2. The summed E-state index contributed by atoms with van der Waals surface area (Å²) in [6, 6.07) is 12.9. The molecule has 5 nitrogen and oxygen atoms in total. The molecule has 6 heteroatoms. The number of rotatable bonds is 5. The highest BCUT2D eigenvalue weighted by molar-refractivity contribution is 6.31. The minimum Gasteiger partial charge on any atom is -0.496 e. The maximum absolute atomic E-state index is 12.2. The molecule has 2 aromatic carbocycles. The van der Waals surface area contributed by atoms with E-state index in [-0.39, 0.29) is 5.56 Å². The largest absolute Gasteiger partial charge is 0.496 e. The van der Waals surface area contributed by atoms with Crippen LogP contribution in [-0.4, -0.2) is 29.0 Å². The van der Waals surface area contributed by atoms with Gasteiger partial charge in [-0.25, -0.2) is 4.98 Å². The first-order chi connectivity index (χ1) is 11.6. The molecule has 3 rings (SSSR count). The Morgan fingerprint density at radius 1 is 1.21 bits per heavy atom. The predicted molar refractivity (Wildman–Crippen MR) is 95.5 cm³/mol. The molecule has 0 amide bonds. The van der Waals surface area contributed by atoms with Crippen molar-refractivity contribution in [3.05, 3.63) is 69.2 Å². The van der Waals surface area contributed by atoms with E-state index >= 15 is 0 Å². The van der Waals surface area contributed by atoms with Gasteiger partial charge in [0.1, 0.15) is 11.6 Å². The highest BCUT2D eigenvalue weighted by Gasteiger charge is 2.09. The number of aromatic amines is 1. The zero-order chi connectivity index (χ0) is 17.1. The van der Waals surface area contributed by atoms with Gasteiger partial charge in [0, 0.05) is 17.1 Å². The summed E-state index contributed by atoms with van der Waals surface area (Å²) in [4.78, 5) is 21.6. The Bertz CT molecular complexity index is 924. The van der Waals surface area contributed by atoms with E-state index in [1.54, 1.807) is 25.3 Å². The van der Waals surface area contributed by atoms with Crippen molar-refractivity contribution in [1.29, 1.82) is 0 Å². The van der Waals surface area contributed by atoms with Gasteiger partial charge in [-0.1, -0.05) is 29.8 Å². The summed E-state index contributed by atoms with van der Waals surface area (Å²) >= 11 is 5.99. The standard InChI is InChI=1S/C18H18ClN3O2/c1-22(10-12-5-3-4-6-16(12)24-2)11-17-20-15-9-13(19)7-8-14(15)18(23)21-17/h3-9H,10-11H2,1-2H3,(H,20,21,23). The Morgan fingerprint density at radius 3 is 2.79 bits per heavy atom. The number of benzene rings is 2. The van der Waals surface area contributed by atoms with E-state index in [9.17, 15) is 4.79 Å². The summed E-state index contributed by atoms with van der Waals surface area (Å²) in [5.74, 6) is 1.45. The van der Waals surface area contributed by atoms with Gasteiger partial charge in [0.05, 0.1) is 24.6 Å². The Labute approximate surface area is 144 Å². The molecule has 0 saturated heterocycles. The van der Waals surface area contributed by atoms with Crippen molar-refractivity contribution in [3.63, 3.8) is 0 Å². The molecular weight excluding hydrogens is 326 g/mol. The van der Waals surface area contributed by atoms with Crippen LogP contribution in [0.1, 0.15) is 11.4 Å². The number of halogens is 1. The Kier molecular flexibility index (Phi) is 4.83. The van der Waals surface area contributed by atoms with Gasteiger partial charge in [-0.15, -0.1) is 0 Å². The maximum Gasteiger partial charge on any atom is 0.258 e. The second-order valence-corrected chi connectivity index (χ2v) is 6.09. The van der Waals surface area contributed by atoms with Gasteiger partial charge < -0.3 is 9.72 Å². The van der Waals surface area contributed by atoms with Crippen molar-refractivity contribution in [1.82, 2.24) is 14.9 Å². The molecule has 0 unspecified atom stereocenters. The zero-order valence-corrected chi connectivity index (χ0v) is 14.3. The zero-order valence-electron chi connectivity index (χ0n) is 13.5. The molecule has 0 aliphatic carbocycles. The van der Waals surface area contributed by atoms with Crippen LogP contribution < -0.4 is 10.3 Å². The van der Waals surface area contributed by atoms with Gasteiger partial charge in [0.25, 0.3) is 5.56 Å². The Morgan fingerprint density at radius 2 is 2.00 bits per heavy atom. The van der Waals surface area contributed by atoms with Crippen LogP contribution in [0.5, 0.6) is 5.75 Å². The van der Waals surface area contributed by atoms with E-state index in [1.165, 1.54) is 0 Å². The molecule has 24 heavy (non-hydrogen) atoms. The number of hydrogen-bond donors (Lipinski definition) is 1. The molecule has 0 spiro atoms. The first kappa shape index (κ1) is 16.5. The molecule has 0 aliphatic rings. The van der Waals surface area contributed by atoms with Crippen LogP contribution in [0, 0.1) is 0 Å². The molecule has 0 fully saturated rings. The number of para-hydroxylation sites is 1. The van der Waals surface area contributed by atoms with E-state index < -0.39 is 0 Å². The van der Waals surface area contributed by atoms with Crippen molar-refractivity contribution in [2.24, 2.45) is 0 Å². The quantitative estimate of drug-likeness (QED) is 0.772. The molecule has 0 saturated carbocycles. The lowest BCUT2D eigenvalue weighted by Gasteiger charge is -2.18. The molecular formula is C18H18ClN3O2. The SMILES string of the molecule is COc1ccccc1CN(C)Cc1nc2cc(Cl)ccc2c(=O)[nH]1. The van der Waals surface area contributed by atoms with Crippen LogP contribution in [-0.2, 0) is 13.1 Å². The highest BCUT2D eigenvalue weighted by Crippen LogP contribution is 2.19. The molecule has 124 valence electrons. The van der Waals surface area contributed by atoms with Crippen LogP contribution in [0.2, 0.25) is 5.02 Å². The van der Waals surface area contributed by atoms with E-state index in [0.717, 1.165) is 11.3 Å². The molecule has 1 N–H and O–H groups in total. The molecule has 1 heterocycles.